The Labute approximate surface area is 153 Å². The predicted octanol–water partition coefficient (Wildman–Crippen LogP) is 5.24. The number of rotatable bonds is 4. The van der Waals surface area contributed by atoms with Gasteiger partial charge in [-0.3, -0.25) is 9.69 Å². The molecule has 0 radical (unpaired) electrons. The van der Waals surface area contributed by atoms with Crippen LogP contribution in [0.25, 0.3) is 6.08 Å². The fourth-order valence-electron chi connectivity index (χ4n) is 2.20. The number of carbonyl (C=O) groups excluding carboxylic acids is 1. The number of hydrogen-bond donors (Lipinski definition) is 0. The number of aliphatic imine (C=N–C) groups is 1. The number of benzene rings is 2. The monoisotopic (exact) mass is 398 g/mol. The Bertz CT molecular complexity index is 813. The van der Waals surface area contributed by atoms with E-state index < -0.39 is 0 Å². The van der Waals surface area contributed by atoms with E-state index in [1.54, 1.807) is 11.0 Å². The number of nitrogens with zero attached hydrogens (tertiary/aromatic N) is 2. The largest absolute Gasteiger partial charge is 0.283 e. The Morgan fingerprint density at radius 1 is 1.12 bits per heavy atom. The molecule has 1 fully saturated rings. The van der Waals surface area contributed by atoms with Crippen molar-refractivity contribution >= 4 is 50.5 Å². The lowest BCUT2D eigenvalue weighted by molar-refractivity contribution is -0.121. The van der Waals surface area contributed by atoms with Gasteiger partial charge in [0.2, 0.25) is 0 Å². The third-order valence-electron chi connectivity index (χ3n) is 3.35. The molecule has 1 aliphatic heterocycles. The highest BCUT2D eigenvalue weighted by Gasteiger charge is 2.32. The highest BCUT2D eigenvalue weighted by atomic mass is 79.9. The van der Waals surface area contributed by atoms with Gasteiger partial charge in [-0.25, -0.2) is 4.99 Å². The van der Waals surface area contributed by atoms with Gasteiger partial charge in [0.05, 0.1) is 10.6 Å². The van der Waals surface area contributed by atoms with E-state index in [0.717, 1.165) is 15.7 Å². The lowest BCUT2D eigenvalue weighted by Crippen LogP contribution is -2.29. The second-order valence-electron chi connectivity index (χ2n) is 5.10. The van der Waals surface area contributed by atoms with Crippen LogP contribution in [0.5, 0.6) is 0 Å². The van der Waals surface area contributed by atoms with Crippen molar-refractivity contribution in [2.45, 2.75) is 0 Å². The molecular weight excluding hydrogens is 384 g/mol. The molecule has 3 rings (SSSR count). The summed E-state index contributed by atoms with van der Waals surface area (Å²) in [7, 11) is 0. The zero-order valence-electron chi connectivity index (χ0n) is 12.9. The van der Waals surface area contributed by atoms with Gasteiger partial charge in [-0.2, -0.15) is 0 Å². The number of amides is 1. The molecule has 0 spiro atoms. The quantitative estimate of drug-likeness (QED) is 0.520. The summed E-state index contributed by atoms with van der Waals surface area (Å²) < 4.78 is 1.01. The summed E-state index contributed by atoms with van der Waals surface area (Å²) >= 11 is 4.80. The summed E-state index contributed by atoms with van der Waals surface area (Å²) in [5.41, 5.74) is 1.81. The summed E-state index contributed by atoms with van der Waals surface area (Å²) in [6.45, 7) is 4.18. The summed E-state index contributed by atoms with van der Waals surface area (Å²) in [5.74, 6) is -0.0440. The van der Waals surface area contributed by atoms with Crippen LogP contribution in [0.4, 0.5) is 5.69 Å². The van der Waals surface area contributed by atoms with Crippen molar-refractivity contribution < 1.29 is 4.79 Å². The topological polar surface area (TPSA) is 32.7 Å². The maximum absolute atomic E-state index is 12.7. The molecular formula is C19H15BrN2OS. The highest BCUT2D eigenvalue weighted by Crippen LogP contribution is 2.34. The van der Waals surface area contributed by atoms with Gasteiger partial charge in [0.15, 0.2) is 5.17 Å². The van der Waals surface area contributed by atoms with E-state index in [1.165, 1.54) is 11.8 Å². The van der Waals surface area contributed by atoms with E-state index in [1.807, 2.05) is 60.7 Å². The van der Waals surface area contributed by atoms with E-state index in [2.05, 4.69) is 27.5 Å². The highest BCUT2D eigenvalue weighted by molar-refractivity contribution is 9.10. The first-order chi connectivity index (χ1) is 11.7. The normalized spacial score (nSPS) is 17.7. The summed E-state index contributed by atoms with van der Waals surface area (Å²) in [5, 5.41) is 0.675. The number of thioether (sulfide) groups is 1. The van der Waals surface area contributed by atoms with Gasteiger partial charge in [0.25, 0.3) is 5.91 Å². The molecule has 0 saturated carbocycles. The SMILES string of the molecule is C=CCN1C(=O)/C(=C\c2ccc(Br)cc2)SC1=Nc1ccccc1. The lowest BCUT2D eigenvalue weighted by atomic mass is 10.2. The third kappa shape index (κ3) is 3.86. The zero-order valence-corrected chi connectivity index (χ0v) is 15.3. The van der Waals surface area contributed by atoms with Crippen molar-refractivity contribution in [2.24, 2.45) is 4.99 Å². The molecule has 5 heteroatoms. The number of carbonyl (C=O) groups is 1. The molecule has 120 valence electrons. The van der Waals surface area contributed by atoms with Crippen molar-refractivity contribution in [2.75, 3.05) is 6.54 Å². The standard InChI is InChI=1S/C19H15BrN2OS/c1-2-12-22-18(23)17(13-14-8-10-15(20)11-9-14)24-19(22)21-16-6-4-3-5-7-16/h2-11,13H,1,12H2/b17-13+,21-19?. The molecule has 3 nitrogen and oxygen atoms in total. The van der Waals surface area contributed by atoms with E-state index in [4.69, 9.17) is 0 Å². The Morgan fingerprint density at radius 2 is 1.83 bits per heavy atom. The van der Waals surface area contributed by atoms with E-state index in [-0.39, 0.29) is 5.91 Å². The van der Waals surface area contributed by atoms with Crippen LogP contribution in [0.2, 0.25) is 0 Å². The minimum absolute atomic E-state index is 0.0440. The maximum Gasteiger partial charge on any atom is 0.267 e. The average Bonchev–Trinajstić information content (AvgIpc) is 2.87. The summed E-state index contributed by atoms with van der Waals surface area (Å²) in [6.07, 6.45) is 3.60. The van der Waals surface area contributed by atoms with Crippen LogP contribution in [0.15, 0.2) is 81.6 Å². The molecule has 0 aromatic heterocycles. The third-order valence-corrected chi connectivity index (χ3v) is 4.88. The van der Waals surface area contributed by atoms with Crippen LogP contribution >= 0.6 is 27.7 Å². The minimum Gasteiger partial charge on any atom is -0.283 e. The number of hydrogen-bond acceptors (Lipinski definition) is 3. The van der Waals surface area contributed by atoms with Crippen LogP contribution in [0.3, 0.4) is 0 Å². The van der Waals surface area contributed by atoms with Gasteiger partial charge in [0, 0.05) is 11.0 Å². The molecule has 0 aliphatic carbocycles. The molecule has 2 aromatic carbocycles. The summed E-state index contributed by atoms with van der Waals surface area (Å²) in [6, 6.07) is 17.5. The number of amidine groups is 1. The van der Waals surface area contributed by atoms with Crippen molar-refractivity contribution in [3.8, 4) is 0 Å². The Hall–Kier alpha value is -2.11. The van der Waals surface area contributed by atoms with Crippen LogP contribution in [0, 0.1) is 0 Å². The first kappa shape index (κ1) is 16.7. The molecule has 0 bridgehead atoms. The zero-order chi connectivity index (χ0) is 16.9. The van der Waals surface area contributed by atoms with Crippen LogP contribution in [-0.4, -0.2) is 22.5 Å². The van der Waals surface area contributed by atoms with E-state index in [9.17, 15) is 4.79 Å². The molecule has 1 saturated heterocycles. The van der Waals surface area contributed by atoms with Crippen molar-refractivity contribution in [1.82, 2.24) is 4.90 Å². The fourth-order valence-corrected chi connectivity index (χ4v) is 3.48. The smallest absolute Gasteiger partial charge is 0.267 e. The molecule has 0 unspecified atom stereocenters. The molecule has 1 amide bonds. The average molecular weight is 399 g/mol. The van der Waals surface area contributed by atoms with E-state index in [0.29, 0.717) is 16.6 Å². The van der Waals surface area contributed by atoms with Crippen molar-refractivity contribution in [1.29, 1.82) is 0 Å². The molecule has 0 N–H and O–H groups in total. The van der Waals surface area contributed by atoms with Crippen LogP contribution in [0.1, 0.15) is 5.56 Å². The Morgan fingerprint density at radius 3 is 2.50 bits per heavy atom. The van der Waals surface area contributed by atoms with Crippen molar-refractivity contribution in [3.05, 3.63) is 82.2 Å². The lowest BCUT2D eigenvalue weighted by Gasteiger charge is -2.12. The second kappa shape index (κ2) is 7.64. The predicted molar refractivity (Wildman–Crippen MR) is 105 cm³/mol. The number of para-hydroxylation sites is 1. The van der Waals surface area contributed by atoms with Gasteiger partial charge in [-0.05, 0) is 47.7 Å². The Balaban J connectivity index is 1.93. The minimum atomic E-state index is -0.0440. The molecule has 2 aromatic rings. The molecule has 1 heterocycles. The van der Waals surface area contributed by atoms with Gasteiger partial charge in [0.1, 0.15) is 0 Å². The Kier molecular flexibility index (Phi) is 5.33. The van der Waals surface area contributed by atoms with Crippen LogP contribution < -0.4 is 0 Å². The van der Waals surface area contributed by atoms with E-state index >= 15 is 0 Å². The number of halogens is 1. The first-order valence-electron chi connectivity index (χ1n) is 7.39. The van der Waals surface area contributed by atoms with Crippen LogP contribution in [-0.2, 0) is 4.79 Å². The van der Waals surface area contributed by atoms with Gasteiger partial charge >= 0.3 is 0 Å². The molecule has 0 atom stereocenters. The molecule has 24 heavy (non-hydrogen) atoms. The molecule has 1 aliphatic rings. The first-order valence-corrected chi connectivity index (χ1v) is 9.00. The van der Waals surface area contributed by atoms with Gasteiger partial charge in [-0.1, -0.05) is 52.3 Å². The second-order valence-corrected chi connectivity index (χ2v) is 7.02. The fraction of sp³-hybridized carbons (Fsp3) is 0.0526. The maximum atomic E-state index is 12.7. The van der Waals surface area contributed by atoms with Gasteiger partial charge in [-0.15, -0.1) is 6.58 Å². The van der Waals surface area contributed by atoms with Crippen molar-refractivity contribution in [3.63, 3.8) is 0 Å². The summed E-state index contributed by atoms with van der Waals surface area (Å²) in [4.78, 5) is 19.6. The van der Waals surface area contributed by atoms with Gasteiger partial charge < -0.3 is 0 Å².